The van der Waals surface area contributed by atoms with Crippen LogP contribution in [0.2, 0.25) is 0 Å². The van der Waals surface area contributed by atoms with Gasteiger partial charge >= 0.3 is 12.4 Å². The SMILES string of the molecule is O[C@H](c1cc(C(F)(F)F)nc2c(C(F)(F)F)cccc12)[C@@H]1C=CCCN1. The summed E-state index contributed by atoms with van der Waals surface area (Å²) in [5.74, 6) is 0. The van der Waals surface area contributed by atoms with Crippen LogP contribution in [0, 0.1) is 0 Å². The van der Waals surface area contributed by atoms with Crippen molar-refractivity contribution in [3.05, 3.63) is 53.2 Å². The molecule has 0 amide bonds. The molecule has 2 atom stereocenters. The van der Waals surface area contributed by atoms with E-state index in [-0.39, 0.29) is 10.9 Å². The molecule has 1 aliphatic heterocycles. The topological polar surface area (TPSA) is 45.2 Å². The van der Waals surface area contributed by atoms with Crippen molar-refractivity contribution in [3.8, 4) is 0 Å². The second-order valence-electron chi connectivity index (χ2n) is 5.94. The summed E-state index contributed by atoms with van der Waals surface area (Å²) >= 11 is 0. The minimum absolute atomic E-state index is 0.166. The lowest BCUT2D eigenvalue weighted by atomic mass is 9.94. The van der Waals surface area contributed by atoms with E-state index in [9.17, 15) is 31.4 Å². The number of nitrogens with one attached hydrogen (secondary N) is 1. The van der Waals surface area contributed by atoms with Gasteiger partial charge in [0.15, 0.2) is 0 Å². The molecule has 0 saturated heterocycles. The van der Waals surface area contributed by atoms with Crippen LogP contribution in [0.5, 0.6) is 0 Å². The third-order valence-electron chi connectivity index (χ3n) is 4.16. The Kier molecular flexibility index (Phi) is 4.70. The van der Waals surface area contributed by atoms with Crippen molar-refractivity contribution in [1.29, 1.82) is 0 Å². The van der Waals surface area contributed by atoms with Gasteiger partial charge in [-0.1, -0.05) is 24.3 Å². The van der Waals surface area contributed by atoms with E-state index in [1.807, 2.05) is 0 Å². The van der Waals surface area contributed by atoms with Crippen LogP contribution in [0.3, 0.4) is 0 Å². The number of alkyl halides is 6. The van der Waals surface area contributed by atoms with Crippen molar-refractivity contribution in [3.63, 3.8) is 0 Å². The van der Waals surface area contributed by atoms with Crippen molar-refractivity contribution in [2.24, 2.45) is 0 Å². The lowest BCUT2D eigenvalue weighted by Crippen LogP contribution is -2.36. The maximum Gasteiger partial charge on any atom is 0.433 e. The zero-order chi connectivity index (χ0) is 19.1. The highest BCUT2D eigenvalue weighted by Gasteiger charge is 2.38. The first-order valence-electron chi connectivity index (χ1n) is 7.75. The molecule has 140 valence electrons. The van der Waals surface area contributed by atoms with E-state index in [1.54, 1.807) is 12.2 Å². The monoisotopic (exact) mass is 376 g/mol. The number of fused-ring (bicyclic) bond motifs is 1. The molecule has 0 spiro atoms. The predicted molar refractivity (Wildman–Crippen MR) is 82.3 cm³/mol. The first kappa shape index (κ1) is 18.7. The summed E-state index contributed by atoms with van der Waals surface area (Å²) in [6, 6.07) is 2.88. The predicted octanol–water partition coefficient (Wildman–Crippen LogP) is 4.22. The lowest BCUT2D eigenvalue weighted by molar-refractivity contribution is -0.142. The molecule has 0 aliphatic carbocycles. The van der Waals surface area contributed by atoms with Crippen LogP contribution in [-0.2, 0) is 12.4 Å². The Morgan fingerprint density at radius 1 is 1.12 bits per heavy atom. The molecule has 0 fully saturated rings. The normalized spacial score (nSPS) is 19.7. The quantitative estimate of drug-likeness (QED) is 0.609. The fraction of sp³-hybridized carbons (Fsp3) is 0.353. The van der Waals surface area contributed by atoms with Crippen molar-refractivity contribution in [2.75, 3.05) is 6.54 Å². The Labute approximate surface area is 144 Å². The molecule has 3 nitrogen and oxygen atoms in total. The number of benzene rings is 1. The highest BCUT2D eigenvalue weighted by atomic mass is 19.4. The van der Waals surface area contributed by atoms with E-state index < -0.39 is 41.3 Å². The largest absolute Gasteiger partial charge is 0.433 e. The molecule has 0 bridgehead atoms. The maximum atomic E-state index is 13.2. The summed E-state index contributed by atoms with van der Waals surface area (Å²) in [4.78, 5) is 3.21. The third-order valence-corrected chi connectivity index (χ3v) is 4.16. The number of hydrogen-bond donors (Lipinski definition) is 2. The summed E-state index contributed by atoms with van der Waals surface area (Å²) in [6.45, 7) is 0.501. The fourth-order valence-corrected chi connectivity index (χ4v) is 2.95. The molecule has 2 heterocycles. The molecule has 3 rings (SSSR count). The Balaban J connectivity index is 2.27. The molecule has 0 unspecified atom stereocenters. The molecule has 1 aromatic heterocycles. The van der Waals surface area contributed by atoms with Crippen LogP contribution in [0.15, 0.2) is 36.4 Å². The first-order chi connectivity index (χ1) is 12.1. The van der Waals surface area contributed by atoms with Gasteiger partial charge in [0.1, 0.15) is 5.69 Å². The van der Waals surface area contributed by atoms with E-state index in [0.717, 1.165) is 6.07 Å². The van der Waals surface area contributed by atoms with Gasteiger partial charge in [0.25, 0.3) is 0 Å². The highest BCUT2D eigenvalue weighted by molar-refractivity contribution is 5.86. The number of hydrogen-bond acceptors (Lipinski definition) is 3. The molecule has 1 aliphatic rings. The third kappa shape index (κ3) is 3.54. The summed E-state index contributed by atoms with van der Waals surface area (Å²) < 4.78 is 79.2. The first-order valence-corrected chi connectivity index (χ1v) is 7.75. The van der Waals surface area contributed by atoms with Crippen LogP contribution in [-0.4, -0.2) is 22.7 Å². The molecule has 2 N–H and O–H groups in total. The summed E-state index contributed by atoms with van der Waals surface area (Å²) in [5, 5.41) is 13.3. The Bertz CT molecular complexity index is 843. The lowest BCUT2D eigenvalue weighted by Gasteiger charge is -2.26. The van der Waals surface area contributed by atoms with E-state index in [4.69, 9.17) is 0 Å². The zero-order valence-electron chi connectivity index (χ0n) is 13.2. The molecule has 9 heteroatoms. The van der Waals surface area contributed by atoms with Crippen molar-refractivity contribution in [2.45, 2.75) is 30.9 Å². The number of aliphatic hydroxyl groups is 1. The maximum absolute atomic E-state index is 13.2. The van der Waals surface area contributed by atoms with Crippen LogP contribution in [0.4, 0.5) is 26.3 Å². The van der Waals surface area contributed by atoms with Crippen molar-refractivity contribution >= 4 is 10.9 Å². The number of para-hydroxylation sites is 1. The second-order valence-corrected chi connectivity index (χ2v) is 5.94. The molecule has 0 radical (unpaired) electrons. The molecular weight excluding hydrogens is 362 g/mol. The van der Waals surface area contributed by atoms with Crippen LogP contribution < -0.4 is 5.32 Å². The second kappa shape index (κ2) is 6.55. The standard InChI is InChI=1S/C17H14F6N2O/c18-16(19,20)11-5-3-4-9-10(15(26)12-6-1-2-7-24-12)8-13(17(21,22)23)25-14(9)11/h1,3-6,8,12,15,24,26H,2,7H2/t12-,15+/m0/s1. The average molecular weight is 376 g/mol. The van der Waals surface area contributed by atoms with Gasteiger partial charge in [-0.3, -0.25) is 0 Å². The van der Waals surface area contributed by atoms with Gasteiger partial charge in [0.05, 0.1) is 23.2 Å². The zero-order valence-corrected chi connectivity index (χ0v) is 13.2. The summed E-state index contributed by atoms with van der Waals surface area (Å²) in [5.41, 5.74) is -3.83. The smallest absolute Gasteiger partial charge is 0.386 e. The van der Waals surface area contributed by atoms with Gasteiger partial charge in [-0.25, -0.2) is 4.98 Å². The van der Waals surface area contributed by atoms with Gasteiger partial charge in [-0.2, -0.15) is 26.3 Å². The van der Waals surface area contributed by atoms with E-state index in [2.05, 4.69) is 10.3 Å². The van der Waals surface area contributed by atoms with Gasteiger partial charge in [-0.15, -0.1) is 0 Å². The number of rotatable bonds is 2. The molecule has 0 saturated carbocycles. The van der Waals surface area contributed by atoms with Crippen LogP contribution in [0.25, 0.3) is 10.9 Å². The highest BCUT2D eigenvalue weighted by Crippen LogP contribution is 2.39. The minimum Gasteiger partial charge on any atom is -0.386 e. The van der Waals surface area contributed by atoms with Crippen molar-refractivity contribution in [1.82, 2.24) is 10.3 Å². The van der Waals surface area contributed by atoms with Gasteiger partial charge in [0, 0.05) is 5.39 Å². The number of pyridine rings is 1. The summed E-state index contributed by atoms with van der Waals surface area (Å²) in [6.07, 6.45) is -7.26. The Morgan fingerprint density at radius 3 is 2.42 bits per heavy atom. The molecule has 2 aromatic rings. The fourth-order valence-electron chi connectivity index (χ4n) is 2.95. The van der Waals surface area contributed by atoms with E-state index in [0.29, 0.717) is 25.1 Å². The minimum atomic E-state index is -4.95. The Morgan fingerprint density at radius 2 is 1.85 bits per heavy atom. The van der Waals surface area contributed by atoms with Crippen LogP contribution in [0.1, 0.15) is 29.3 Å². The van der Waals surface area contributed by atoms with Crippen molar-refractivity contribution < 1.29 is 31.4 Å². The molecule has 26 heavy (non-hydrogen) atoms. The van der Waals surface area contributed by atoms with E-state index >= 15 is 0 Å². The number of halogens is 6. The van der Waals surface area contributed by atoms with Gasteiger partial charge in [0.2, 0.25) is 0 Å². The van der Waals surface area contributed by atoms with Gasteiger partial charge in [-0.05, 0) is 30.7 Å². The molecule has 1 aromatic carbocycles. The number of nitrogens with zero attached hydrogens (tertiary/aromatic N) is 1. The van der Waals surface area contributed by atoms with E-state index in [1.165, 1.54) is 6.07 Å². The molecular formula is C17H14F6N2O. The van der Waals surface area contributed by atoms with Gasteiger partial charge < -0.3 is 10.4 Å². The number of aliphatic hydroxyl groups excluding tert-OH is 1. The Hall–Kier alpha value is -2.13. The average Bonchev–Trinajstić information content (AvgIpc) is 2.58. The van der Waals surface area contributed by atoms with Crippen LogP contribution >= 0.6 is 0 Å². The number of aromatic nitrogens is 1. The summed E-state index contributed by atoms with van der Waals surface area (Å²) in [7, 11) is 0.